The van der Waals surface area contributed by atoms with E-state index in [-0.39, 0.29) is 0 Å². The maximum Gasteiger partial charge on any atom is -0.0132 e. The average molecular weight is 1980 g/mol. The van der Waals surface area contributed by atoms with Crippen molar-refractivity contribution in [1.29, 1.82) is 0 Å². The van der Waals surface area contributed by atoms with E-state index in [9.17, 15) is 0 Å². The Morgan fingerprint density at radius 2 is 0.301 bits per heavy atom. The lowest BCUT2D eigenvalue weighted by Crippen LogP contribution is -2.77. The van der Waals surface area contributed by atoms with Crippen LogP contribution in [0.5, 0.6) is 0 Å². The summed E-state index contributed by atoms with van der Waals surface area (Å²) in [6, 6.07) is 27.3. The van der Waals surface area contributed by atoms with Crippen molar-refractivity contribution in [3.63, 3.8) is 0 Å². The van der Waals surface area contributed by atoms with Crippen LogP contribution in [0.15, 0.2) is 78.9 Å². The molecule has 3 aromatic rings. The van der Waals surface area contributed by atoms with Crippen LogP contribution in [0, 0.1) is 242 Å². The summed E-state index contributed by atoms with van der Waals surface area (Å²) in [5.74, 6) is 33.9. The third-order valence-electron chi connectivity index (χ3n) is 30.4. The van der Waals surface area contributed by atoms with Crippen LogP contribution in [0.4, 0.5) is 0 Å². The fraction of sp³-hybridized carbons (Fsp3) is 0.888. The van der Waals surface area contributed by atoms with Gasteiger partial charge in [-0.25, -0.2) is 0 Å². The molecule has 836 valence electrons. The topological polar surface area (TPSA) is 0 Å². The lowest BCUT2D eigenvalue weighted by atomic mass is 9.22. The van der Waals surface area contributed by atoms with Crippen LogP contribution < -0.4 is 0 Å². The summed E-state index contributed by atoms with van der Waals surface area (Å²) in [5, 5.41) is 2.62. The predicted molar refractivity (Wildman–Crippen MR) is 650 cm³/mol. The third kappa shape index (κ3) is 58.2. The van der Waals surface area contributed by atoms with Gasteiger partial charge in [-0.2, -0.15) is 0 Å². The van der Waals surface area contributed by atoms with Crippen molar-refractivity contribution in [2.45, 2.75) is 572 Å². The monoisotopic (exact) mass is 1980 g/mol. The highest BCUT2D eigenvalue weighted by molar-refractivity contribution is 5.82. The molecule has 4 atom stereocenters. The van der Waals surface area contributed by atoms with Crippen LogP contribution in [0.3, 0.4) is 0 Å². The Bertz CT molecular complexity index is 3230. The summed E-state index contributed by atoms with van der Waals surface area (Å²) in [5.41, 5.74) is 9.14. The molecule has 29 bridgehead atoms. The van der Waals surface area contributed by atoms with Gasteiger partial charge in [0.25, 0.3) is 0 Å². The highest BCUT2D eigenvalue weighted by atomic mass is 14.8. The van der Waals surface area contributed by atoms with E-state index in [1.54, 1.807) is 186 Å². The van der Waals surface area contributed by atoms with E-state index in [2.05, 4.69) is 460 Å². The number of hydrogen-bond donors (Lipinski definition) is 0. The summed E-state index contributed by atoms with van der Waals surface area (Å²) >= 11 is 0. The molecular weight excluding hydrogens is 1720 g/mol. The van der Waals surface area contributed by atoms with E-state index >= 15 is 0 Å². The minimum atomic E-state index is 0.293. The maximum atomic E-state index is 2.22. The Hall–Kier alpha value is -2.08. The third-order valence-corrected chi connectivity index (χ3v) is 30.4. The molecule has 1 spiro atoms. The van der Waals surface area contributed by atoms with E-state index < -0.39 is 0 Å². The van der Waals surface area contributed by atoms with Gasteiger partial charge in [-0.3, -0.25) is 0 Å². The van der Waals surface area contributed by atoms with Crippen molar-refractivity contribution >= 4 is 10.8 Å². The van der Waals surface area contributed by atoms with Gasteiger partial charge >= 0.3 is 0 Å². The fourth-order valence-corrected chi connectivity index (χ4v) is 29.2. The summed E-state index contributed by atoms with van der Waals surface area (Å²) in [7, 11) is 0. The van der Waals surface area contributed by atoms with Crippen LogP contribution in [-0.2, 0) is 5.41 Å². The molecular formula is C143H264. The summed E-state index contributed by atoms with van der Waals surface area (Å²) < 4.78 is 0. The van der Waals surface area contributed by atoms with Gasteiger partial charge in [0.15, 0.2) is 0 Å². The van der Waals surface area contributed by atoms with Gasteiger partial charge in [-0.1, -0.05) is 485 Å². The van der Waals surface area contributed by atoms with Crippen molar-refractivity contribution in [2.24, 2.45) is 242 Å². The number of benzene rings is 3. The van der Waals surface area contributed by atoms with E-state index in [4.69, 9.17) is 0 Å². The highest BCUT2D eigenvalue weighted by Gasteiger charge is 2.78. The summed E-state index contributed by atoms with van der Waals surface area (Å²) in [6.07, 6.45) is 47.3. The molecule has 0 heteroatoms. The molecule has 27 saturated carbocycles. The molecule has 0 radical (unpaired) electrons. The van der Waals surface area contributed by atoms with Crippen LogP contribution >= 0.6 is 0 Å². The first-order chi connectivity index (χ1) is 64.1. The quantitative estimate of drug-likeness (QED) is 0.210. The lowest BCUT2D eigenvalue weighted by molar-refractivity contribution is -0.347. The van der Waals surface area contributed by atoms with Gasteiger partial charge in [-0.05, 0) is 424 Å². The number of hydrogen-bond acceptors (Lipinski definition) is 0. The van der Waals surface area contributed by atoms with Crippen molar-refractivity contribution < 1.29 is 0 Å². The van der Waals surface area contributed by atoms with E-state index in [0.29, 0.717) is 75.8 Å². The predicted octanol–water partition coefficient (Wildman–Crippen LogP) is 47.3. The Kier molecular flexibility index (Phi) is 50.6. The second-order valence-corrected chi connectivity index (χ2v) is 74.1. The van der Waals surface area contributed by atoms with Crippen LogP contribution in [0.2, 0.25) is 0 Å². The number of fused-ring (bicyclic) bond motifs is 3. The molecule has 27 aliphatic carbocycles. The first-order valence-electron chi connectivity index (χ1n) is 61.6. The Balaban J connectivity index is 0.000000320. The van der Waals surface area contributed by atoms with Gasteiger partial charge in [0, 0.05) is 0 Å². The minimum absolute atomic E-state index is 0.293. The second kappa shape index (κ2) is 54.3. The molecule has 30 rings (SSSR count). The molecule has 143 heavy (non-hydrogen) atoms. The molecule has 4 unspecified atom stereocenters. The minimum Gasteiger partial charge on any atom is -0.0622 e. The highest BCUT2D eigenvalue weighted by Crippen LogP contribution is 2.85. The zero-order valence-electron chi connectivity index (χ0n) is 108. The molecule has 0 nitrogen and oxygen atoms in total. The molecule has 0 saturated heterocycles. The fourth-order valence-electron chi connectivity index (χ4n) is 29.2. The van der Waals surface area contributed by atoms with Crippen LogP contribution in [0.25, 0.3) is 10.8 Å². The van der Waals surface area contributed by atoms with Crippen molar-refractivity contribution in [3.8, 4) is 0 Å². The molecule has 0 aromatic heterocycles. The van der Waals surface area contributed by atoms with E-state index in [0.717, 1.165) is 5.41 Å². The van der Waals surface area contributed by atoms with Crippen molar-refractivity contribution in [1.82, 2.24) is 0 Å². The van der Waals surface area contributed by atoms with Gasteiger partial charge in [0.1, 0.15) is 0 Å². The van der Waals surface area contributed by atoms with Gasteiger partial charge in [-0.15, -0.1) is 0 Å². The van der Waals surface area contributed by atoms with Gasteiger partial charge < -0.3 is 0 Å². The zero-order chi connectivity index (χ0) is 110. The lowest BCUT2D eigenvalue weighted by Gasteiger charge is -2.83. The smallest absolute Gasteiger partial charge is 0.0132 e. The Morgan fingerprint density at radius 1 is 0.154 bits per heavy atom. The van der Waals surface area contributed by atoms with Gasteiger partial charge in [0.2, 0.25) is 0 Å². The van der Waals surface area contributed by atoms with E-state index in [1.807, 2.05) is 0 Å². The molecule has 27 aliphatic rings. The molecule has 0 aliphatic heterocycles. The Morgan fingerprint density at radius 3 is 0.455 bits per heavy atom. The molecule has 0 heterocycles. The molecule has 0 amide bonds. The Labute approximate surface area is 903 Å². The standard InChI is InChI=1S/C18H24.C14H20.C10H16.C10H8.C10H14.C9H14.C7H12.13C5H12/c1-8-2-13-10-5-11-14-3-9-4-15(11)17(13)18(6-8,7-9)16(14)12(1)10;1-7-2-12-10-4-8-5-11(9(1)10)13(3-7)14(12)6-8;1-7-2-9-4-8(1)5-10(3-7)6-9;1-2-6-10-8-4-3-7-9(10)5-1;1-10(2,3)9-7-5-4-6-8-9;1-6-2-8-4-7(1)5-9(8)3-6;1-2-7-4-3-6(1)5-7;13*1-5(2,3)4/h8-17H,1-7H2;7-14H,1-6H2;7-10H,1-6H2;1-8H;4-8H,1-3H3;6-9H,1-5H2;6-7H,1-5H2;13*1-4H3. The van der Waals surface area contributed by atoms with Crippen LogP contribution in [0.1, 0.15) is 573 Å². The zero-order valence-corrected chi connectivity index (χ0v) is 108. The number of rotatable bonds is 0. The summed E-state index contributed by atoms with van der Waals surface area (Å²) in [6.45, 7) is 120. The second-order valence-electron chi connectivity index (χ2n) is 74.1. The first-order valence-corrected chi connectivity index (χ1v) is 61.6. The molecule has 3 aromatic carbocycles. The normalized spacial score (nSPS) is 34.3. The molecule has 0 N–H and O–H groups in total. The SMILES string of the molecule is C1C2C3CC4CC2C2C5CC6CC(C15)C3C2(C4)C6.C1C2CC3C4CC5CC(C14)C(C2)C3C5.C1C2CC3CC1CC(C2)C3.C1C2CC3CC1CC3C2.C1CC2CCC1C2.CC(C)(C)C.CC(C)(C)C.CC(C)(C)C.CC(C)(C)C.CC(C)(C)C.CC(C)(C)C.CC(C)(C)C.CC(C)(C)C.CC(C)(C)C.CC(C)(C)C.CC(C)(C)C.CC(C)(C)C.CC(C)(C)C.CC(C)(C)c1ccccc1.c1ccc2ccccc2c1. The maximum absolute atomic E-state index is 2.22. The van der Waals surface area contributed by atoms with Crippen molar-refractivity contribution in [3.05, 3.63) is 84.4 Å². The van der Waals surface area contributed by atoms with Crippen molar-refractivity contribution in [2.75, 3.05) is 0 Å². The van der Waals surface area contributed by atoms with E-state index in [1.165, 1.54) is 182 Å². The summed E-state index contributed by atoms with van der Waals surface area (Å²) in [4.78, 5) is 0. The van der Waals surface area contributed by atoms with Crippen LogP contribution in [-0.4, -0.2) is 0 Å². The largest absolute Gasteiger partial charge is 0.0622 e. The first kappa shape index (κ1) is 133. The average Bonchev–Trinajstić information content (AvgIpc) is 0.722. The molecule has 27 fully saturated rings. The van der Waals surface area contributed by atoms with Gasteiger partial charge in [0.05, 0.1) is 0 Å².